The van der Waals surface area contributed by atoms with Gasteiger partial charge in [0.15, 0.2) is 0 Å². The number of carboxylic acids is 1. The van der Waals surface area contributed by atoms with Crippen LogP contribution < -0.4 is 16.0 Å². The number of amides is 3. The molecule has 11 heteroatoms. The zero-order valence-corrected chi connectivity index (χ0v) is 23.8. The van der Waals surface area contributed by atoms with Crippen LogP contribution in [-0.4, -0.2) is 39.0 Å². The molecule has 0 fully saturated rings. The predicted molar refractivity (Wildman–Crippen MR) is 164 cm³/mol. The van der Waals surface area contributed by atoms with Gasteiger partial charge < -0.3 is 21.1 Å². The first-order chi connectivity index (χ1) is 20.2. The number of nitrogens with zero attached hydrogens (tertiary/aromatic N) is 1. The van der Waals surface area contributed by atoms with Crippen LogP contribution in [0.15, 0.2) is 108 Å². The number of benzene rings is 3. The molecule has 0 aliphatic carbocycles. The molecular formula is C31H25ClN4O5S. The van der Waals surface area contributed by atoms with Gasteiger partial charge in [-0.1, -0.05) is 41.9 Å². The Kier molecular flexibility index (Phi) is 10.1. The van der Waals surface area contributed by atoms with E-state index < -0.39 is 23.0 Å². The largest absolute Gasteiger partial charge is 0.478 e. The second-order valence-electron chi connectivity index (χ2n) is 8.90. The van der Waals surface area contributed by atoms with Crippen LogP contribution in [0.4, 0.5) is 11.4 Å². The zero-order chi connectivity index (χ0) is 30.1. The zero-order valence-electron chi connectivity index (χ0n) is 22.2. The minimum Gasteiger partial charge on any atom is -0.478 e. The molecule has 1 heterocycles. The second kappa shape index (κ2) is 14.1. The summed E-state index contributed by atoms with van der Waals surface area (Å²) < 4.78 is 0. The van der Waals surface area contributed by atoms with Crippen LogP contribution in [0.1, 0.15) is 33.2 Å². The van der Waals surface area contributed by atoms with Gasteiger partial charge in [-0.15, -0.1) is 11.8 Å². The number of carboxylic acid groups (broad SMARTS) is 1. The molecule has 3 amide bonds. The standard InChI is InChI=1S/C31H25ClN4O5S/c1-19(28(37)34-23-12-13-26(32)25(17-23)31(40)41)42-24-11-5-10-22(16-24)35-30(39)27(15-20-7-6-14-33-18-20)36-29(38)21-8-3-2-4-9-21/h2-19H,1H3,(H,34,37)(H,35,39)(H,36,38)(H,40,41)/b27-15-. The van der Waals surface area contributed by atoms with E-state index in [4.69, 9.17) is 11.6 Å². The molecule has 4 rings (SSSR count). The highest BCUT2D eigenvalue weighted by Crippen LogP contribution is 2.28. The Labute approximate surface area is 251 Å². The number of hydrogen-bond donors (Lipinski definition) is 4. The van der Waals surface area contributed by atoms with Crippen LogP contribution in [0.2, 0.25) is 5.02 Å². The molecule has 1 aromatic heterocycles. The first kappa shape index (κ1) is 30.0. The van der Waals surface area contributed by atoms with Crippen molar-refractivity contribution in [1.82, 2.24) is 10.3 Å². The minimum absolute atomic E-state index is 0.0198. The summed E-state index contributed by atoms with van der Waals surface area (Å²) in [6.45, 7) is 1.70. The van der Waals surface area contributed by atoms with Crippen LogP contribution in [0.3, 0.4) is 0 Å². The number of aromatic nitrogens is 1. The van der Waals surface area contributed by atoms with Crippen molar-refractivity contribution in [2.75, 3.05) is 10.6 Å². The average Bonchev–Trinajstić information content (AvgIpc) is 2.98. The van der Waals surface area contributed by atoms with E-state index in [-0.39, 0.29) is 22.2 Å². The molecule has 0 saturated carbocycles. The monoisotopic (exact) mass is 600 g/mol. The predicted octanol–water partition coefficient (Wildman–Crippen LogP) is 5.96. The van der Waals surface area contributed by atoms with E-state index in [9.17, 15) is 24.3 Å². The number of carbonyl (C=O) groups is 4. The van der Waals surface area contributed by atoms with E-state index in [1.54, 1.807) is 86.0 Å². The Hall–Kier alpha value is -4.93. The van der Waals surface area contributed by atoms with Crippen molar-refractivity contribution in [3.8, 4) is 0 Å². The molecule has 4 N–H and O–H groups in total. The summed E-state index contributed by atoms with van der Waals surface area (Å²) in [5.41, 5.74) is 1.68. The van der Waals surface area contributed by atoms with Gasteiger partial charge in [-0.2, -0.15) is 0 Å². The molecule has 9 nitrogen and oxygen atoms in total. The Bertz CT molecular complexity index is 1650. The van der Waals surface area contributed by atoms with E-state index in [2.05, 4.69) is 20.9 Å². The topological polar surface area (TPSA) is 137 Å². The highest BCUT2D eigenvalue weighted by atomic mass is 35.5. The molecule has 0 radical (unpaired) electrons. The Morgan fingerprint density at radius 1 is 0.905 bits per heavy atom. The fraction of sp³-hybridized carbons (Fsp3) is 0.0645. The fourth-order valence-electron chi connectivity index (χ4n) is 3.68. The van der Waals surface area contributed by atoms with Crippen molar-refractivity contribution in [3.05, 3.63) is 125 Å². The lowest BCUT2D eigenvalue weighted by atomic mass is 10.2. The molecule has 3 aromatic carbocycles. The molecule has 0 aliphatic rings. The van der Waals surface area contributed by atoms with Crippen LogP contribution in [0, 0.1) is 0 Å². The van der Waals surface area contributed by atoms with E-state index in [1.807, 2.05) is 0 Å². The lowest BCUT2D eigenvalue weighted by Crippen LogP contribution is -2.30. The Balaban J connectivity index is 1.45. The number of thioether (sulfide) groups is 1. The molecular weight excluding hydrogens is 576 g/mol. The quantitative estimate of drug-likeness (QED) is 0.130. The molecule has 4 aromatic rings. The number of carbonyl (C=O) groups excluding carboxylic acids is 3. The number of anilines is 2. The van der Waals surface area contributed by atoms with Crippen LogP contribution in [0.5, 0.6) is 0 Å². The van der Waals surface area contributed by atoms with Gasteiger partial charge in [0.05, 0.1) is 15.8 Å². The number of pyridine rings is 1. The molecule has 42 heavy (non-hydrogen) atoms. The average molecular weight is 601 g/mol. The lowest BCUT2D eigenvalue weighted by molar-refractivity contribution is -0.115. The third-order valence-electron chi connectivity index (χ3n) is 5.76. The van der Waals surface area contributed by atoms with Crippen LogP contribution in [-0.2, 0) is 9.59 Å². The molecule has 0 bridgehead atoms. The maximum Gasteiger partial charge on any atom is 0.337 e. The normalized spacial score (nSPS) is 11.7. The van der Waals surface area contributed by atoms with Crippen molar-refractivity contribution in [2.24, 2.45) is 0 Å². The fourth-order valence-corrected chi connectivity index (χ4v) is 4.81. The third-order valence-corrected chi connectivity index (χ3v) is 7.19. The first-order valence-electron chi connectivity index (χ1n) is 12.6. The summed E-state index contributed by atoms with van der Waals surface area (Å²) >= 11 is 7.15. The number of halogens is 1. The summed E-state index contributed by atoms with van der Waals surface area (Å²) in [4.78, 5) is 55.0. The summed E-state index contributed by atoms with van der Waals surface area (Å²) in [6.07, 6.45) is 4.70. The van der Waals surface area contributed by atoms with Crippen LogP contribution in [0.25, 0.3) is 6.08 Å². The van der Waals surface area contributed by atoms with E-state index >= 15 is 0 Å². The van der Waals surface area contributed by atoms with Crippen LogP contribution >= 0.6 is 23.4 Å². The van der Waals surface area contributed by atoms with Crippen molar-refractivity contribution in [3.63, 3.8) is 0 Å². The van der Waals surface area contributed by atoms with Gasteiger partial charge in [0, 0.05) is 34.2 Å². The molecule has 0 aliphatic heterocycles. The maximum absolute atomic E-state index is 13.3. The number of aromatic carboxylic acids is 1. The van der Waals surface area contributed by atoms with Crippen molar-refractivity contribution in [1.29, 1.82) is 0 Å². The number of rotatable bonds is 10. The minimum atomic E-state index is -1.20. The van der Waals surface area contributed by atoms with Gasteiger partial charge in [-0.05, 0) is 73.2 Å². The summed E-state index contributed by atoms with van der Waals surface area (Å²) in [5, 5.41) is 16.9. The van der Waals surface area contributed by atoms with Gasteiger partial charge in [-0.3, -0.25) is 19.4 Å². The van der Waals surface area contributed by atoms with Gasteiger partial charge in [0.1, 0.15) is 5.70 Å². The van der Waals surface area contributed by atoms with Gasteiger partial charge >= 0.3 is 5.97 Å². The number of nitrogens with one attached hydrogen (secondary N) is 3. The SMILES string of the molecule is CC(Sc1cccc(NC(=O)/C(=C/c2cccnc2)NC(=O)c2ccccc2)c1)C(=O)Nc1ccc(Cl)c(C(=O)O)c1. The first-order valence-corrected chi connectivity index (χ1v) is 13.9. The van der Waals surface area contributed by atoms with Crippen molar-refractivity contribution >= 4 is 64.5 Å². The van der Waals surface area contributed by atoms with E-state index in [0.29, 0.717) is 27.4 Å². The Morgan fingerprint density at radius 3 is 2.38 bits per heavy atom. The van der Waals surface area contributed by atoms with Crippen molar-refractivity contribution in [2.45, 2.75) is 17.1 Å². The Morgan fingerprint density at radius 2 is 1.67 bits per heavy atom. The summed E-state index contributed by atoms with van der Waals surface area (Å²) in [5.74, 6) is -2.54. The summed E-state index contributed by atoms with van der Waals surface area (Å²) in [7, 11) is 0. The second-order valence-corrected chi connectivity index (χ2v) is 10.7. The maximum atomic E-state index is 13.3. The van der Waals surface area contributed by atoms with E-state index in [1.165, 1.54) is 36.0 Å². The third kappa shape index (κ3) is 8.29. The molecule has 1 atom stereocenters. The highest BCUT2D eigenvalue weighted by Gasteiger charge is 2.18. The van der Waals surface area contributed by atoms with Gasteiger partial charge in [0.25, 0.3) is 11.8 Å². The smallest absolute Gasteiger partial charge is 0.337 e. The van der Waals surface area contributed by atoms with Crippen molar-refractivity contribution < 1.29 is 24.3 Å². The van der Waals surface area contributed by atoms with Gasteiger partial charge in [-0.25, -0.2) is 4.79 Å². The lowest BCUT2D eigenvalue weighted by Gasteiger charge is -2.14. The summed E-state index contributed by atoms with van der Waals surface area (Å²) in [6, 6.07) is 23.1. The molecule has 212 valence electrons. The molecule has 1 unspecified atom stereocenters. The van der Waals surface area contributed by atoms with Gasteiger partial charge in [0.2, 0.25) is 5.91 Å². The molecule has 0 saturated heterocycles. The van der Waals surface area contributed by atoms with E-state index in [0.717, 1.165) is 0 Å². The highest BCUT2D eigenvalue weighted by molar-refractivity contribution is 8.00. The molecule has 0 spiro atoms. The number of hydrogen-bond acceptors (Lipinski definition) is 6.